The summed E-state index contributed by atoms with van der Waals surface area (Å²) < 4.78 is 0. The summed E-state index contributed by atoms with van der Waals surface area (Å²) in [7, 11) is 4.10. The van der Waals surface area contributed by atoms with Crippen LogP contribution in [0.2, 0.25) is 0 Å². The van der Waals surface area contributed by atoms with E-state index in [0.717, 1.165) is 13.0 Å². The van der Waals surface area contributed by atoms with Crippen molar-refractivity contribution in [1.82, 2.24) is 10.2 Å². The highest BCUT2D eigenvalue weighted by Crippen LogP contribution is 2.08. The minimum atomic E-state index is 0.259. The van der Waals surface area contributed by atoms with Gasteiger partial charge in [-0.2, -0.15) is 0 Å². The fourth-order valence-corrected chi connectivity index (χ4v) is 1.51. The first kappa shape index (κ1) is 13.9. The maximum absolute atomic E-state index is 8.87. The number of aliphatic hydroxyl groups excluding tert-OH is 1. The third-order valence-electron chi connectivity index (χ3n) is 3.05. The molecule has 86 valence electrons. The Balaban J connectivity index is 3.94. The minimum absolute atomic E-state index is 0.259. The van der Waals surface area contributed by atoms with Crippen molar-refractivity contribution >= 4 is 0 Å². The Morgan fingerprint density at radius 1 is 1.29 bits per heavy atom. The third kappa shape index (κ3) is 4.94. The maximum Gasteiger partial charge on any atom is 0.0446 e. The van der Waals surface area contributed by atoms with Gasteiger partial charge in [0.2, 0.25) is 0 Å². The summed E-state index contributed by atoms with van der Waals surface area (Å²) in [5.41, 5.74) is 0. The van der Waals surface area contributed by atoms with Crippen molar-refractivity contribution in [2.75, 3.05) is 27.2 Å². The Labute approximate surface area is 88.5 Å². The van der Waals surface area contributed by atoms with Crippen molar-refractivity contribution in [2.24, 2.45) is 5.92 Å². The molecule has 0 aliphatic carbocycles. The lowest BCUT2D eigenvalue weighted by Crippen LogP contribution is -2.43. The quantitative estimate of drug-likeness (QED) is 0.645. The number of rotatable bonds is 7. The van der Waals surface area contributed by atoms with E-state index in [1.807, 2.05) is 7.05 Å². The second kappa shape index (κ2) is 7.21. The predicted molar refractivity (Wildman–Crippen MR) is 61.5 cm³/mol. The van der Waals surface area contributed by atoms with Gasteiger partial charge in [-0.25, -0.2) is 0 Å². The molecular formula is C11H26N2O. The smallest absolute Gasteiger partial charge is 0.0446 e. The molecule has 0 aromatic heterocycles. The molecule has 0 fully saturated rings. The number of hydrogen-bond acceptors (Lipinski definition) is 3. The Bertz CT molecular complexity index is 139. The molecular weight excluding hydrogens is 176 g/mol. The molecule has 2 N–H and O–H groups in total. The van der Waals surface area contributed by atoms with Crippen LogP contribution in [-0.2, 0) is 0 Å². The molecule has 0 aromatic carbocycles. The van der Waals surface area contributed by atoms with E-state index in [1.54, 1.807) is 0 Å². The Morgan fingerprint density at radius 3 is 2.21 bits per heavy atom. The van der Waals surface area contributed by atoms with E-state index in [-0.39, 0.29) is 6.61 Å². The van der Waals surface area contributed by atoms with Crippen molar-refractivity contribution < 1.29 is 5.11 Å². The Morgan fingerprint density at radius 2 is 1.86 bits per heavy atom. The van der Waals surface area contributed by atoms with Gasteiger partial charge in [-0.05, 0) is 33.4 Å². The van der Waals surface area contributed by atoms with Crippen LogP contribution < -0.4 is 5.32 Å². The Kier molecular flexibility index (Phi) is 7.15. The van der Waals surface area contributed by atoms with Crippen LogP contribution in [0.4, 0.5) is 0 Å². The largest absolute Gasteiger partial charge is 0.396 e. The molecule has 14 heavy (non-hydrogen) atoms. The SMILES string of the molecule is CNC(CCO)CN(C)C(C)C(C)C. The zero-order chi connectivity index (χ0) is 11.1. The van der Waals surface area contributed by atoms with Gasteiger partial charge in [0.1, 0.15) is 0 Å². The standard InChI is InChI=1S/C11H26N2O/c1-9(2)10(3)13(5)8-11(12-4)6-7-14/h9-12,14H,6-8H2,1-5H3. The summed E-state index contributed by atoms with van der Waals surface area (Å²) in [6.45, 7) is 7.98. The second-order valence-corrected chi connectivity index (χ2v) is 4.42. The first-order valence-electron chi connectivity index (χ1n) is 5.51. The van der Waals surface area contributed by atoms with Crippen LogP contribution in [0.15, 0.2) is 0 Å². The van der Waals surface area contributed by atoms with Crippen molar-refractivity contribution in [3.63, 3.8) is 0 Å². The Hall–Kier alpha value is -0.120. The molecule has 0 spiro atoms. The van der Waals surface area contributed by atoms with E-state index >= 15 is 0 Å². The molecule has 0 aromatic rings. The van der Waals surface area contributed by atoms with E-state index < -0.39 is 0 Å². The third-order valence-corrected chi connectivity index (χ3v) is 3.05. The molecule has 0 saturated carbocycles. The predicted octanol–water partition coefficient (Wildman–Crippen LogP) is 0.933. The fourth-order valence-electron chi connectivity index (χ4n) is 1.51. The minimum Gasteiger partial charge on any atom is -0.396 e. The van der Waals surface area contributed by atoms with Gasteiger partial charge >= 0.3 is 0 Å². The van der Waals surface area contributed by atoms with Crippen molar-refractivity contribution in [1.29, 1.82) is 0 Å². The molecule has 0 rings (SSSR count). The van der Waals surface area contributed by atoms with Crippen LogP contribution in [-0.4, -0.2) is 49.3 Å². The second-order valence-electron chi connectivity index (χ2n) is 4.42. The molecule has 3 nitrogen and oxygen atoms in total. The maximum atomic E-state index is 8.87. The van der Waals surface area contributed by atoms with E-state index in [4.69, 9.17) is 5.11 Å². The lowest BCUT2D eigenvalue weighted by Gasteiger charge is -2.31. The summed E-state index contributed by atoms with van der Waals surface area (Å²) in [6.07, 6.45) is 0.825. The van der Waals surface area contributed by atoms with Crippen LogP contribution in [0.1, 0.15) is 27.2 Å². The van der Waals surface area contributed by atoms with Crippen LogP contribution in [0.25, 0.3) is 0 Å². The number of nitrogens with zero attached hydrogens (tertiary/aromatic N) is 1. The highest BCUT2D eigenvalue weighted by atomic mass is 16.3. The first-order valence-corrected chi connectivity index (χ1v) is 5.51. The number of likely N-dealkylation sites (N-methyl/N-ethyl adjacent to an activating group) is 2. The molecule has 0 bridgehead atoms. The van der Waals surface area contributed by atoms with Gasteiger partial charge in [0.25, 0.3) is 0 Å². The van der Waals surface area contributed by atoms with E-state index in [9.17, 15) is 0 Å². The monoisotopic (exact) mass is 202 g/mol. The highest BCUT2D eigenvalue weighted by molar-refractivity contribution is 4.73. The first-order chi connectivity index (χ1) is 6.52. The van der Waals surface area contributed by atoms with Crippen molar-refractivity contribution in [3.8, 4) is 0 Å². The van der Waals surface area contributed by atoms with E-state index in [2.05, 4.69) is 38.0 Å². The topological polar surface area (TPSA) is 35.5 Å². The van der Waals surface area contributed by atoms with Gasteiger partial charge in [0, 0.05) is 25.2 Å². The molecule has 3 heteroatoms. The van der Waals surface area contributed by atoms with Crippen molar-refractivity contribution in [3.05, 3.63) is 0 Å². The van der Waals surface area contributed by atoms with Gasteiger partial charge in [0.15, 0.2) is 0 Å². The lowest BCUT2D eigenvalue weighted by molar-refractivity contribution is 0.175. The average Bonchev–Trinajstić information content (AvgIpc) is 2.15. The zero-order valence-electron chi connectivity index (χ0n) is 10.2. The number of nitrogens with one attached hydrogen (secondary N) is 1. The summed E-state index contributed by atoms with van der Waals surface area (Å²) in [5, 5.41) is 12.1. The van der Waals surface area contributed by atoms with Gasteiger partial charge in [-0.15, -0.1) is 0 Å². The summed E-state index contributed by atoms with van der Waals surface area (Å²) >= 11 is 0. The molecule has 0 saturated heterocycles. The van der Waals surface area contributed by atoms with Crippen LogP contribution >= 0.6 is 0 Å². The fraction of sp³-hybridized carbons (Fsp3) is 1.00. The van der Waals surface area contributed by atoms with E-state index in [0.29, 0.717) is 18.0 Å². The van der Waals surface area contributed by atoms with Gasteiger partial charge in [-0.1, -0.05) is 13.8 Å². The normalized spacial score (nSPS) is 16.3. The van der Waals surface area contributed by atoms with E-state index in [1.165, 1.54) is 0 Å². The van der Waals surface area contributed by atoms with Crippen LogP contribution in [0.5, 0.6) is 0 Å². The van der Waals surface area contributed by atoms with Crippen LogP contribution in [0.3, 0.4) is 0 Å². The lowest BCUT2D eigenvalue weighted by atomic mass is 10.0. The molecule has 0 heterocycles. The summed E-state index contributed by atoms with van der Waals surface area (Å²) in [6, 6.07) is 0.982. The molecule has 0 aliphatic rings. The zero-order valence-corrected chi connectivity index (χ0v) is 10.2. The summed E-state index contributed by atoms with van der Waals surface area (Å²) in [5.74, 6) is 0.673. The average molecular weight is 202 g/mol. The van der Waals surface area contributed by atoms with Gasteiger partial charge in [-0.3, -0.25) is 0 Å². The van der Waals surface area contributed by atoms with Crippen LogP contribution in [0, 0.1) is 5.92 Å². The molecule has 0 amide bonds. The number of hydrogen-bond donors (Lipinski definition) is 2. The van der Waals surface area contributed by atoms with Gasteiger partial charge < -0.3 is 15.3 Å². The molecule has 0 radical (unpaired) electrons. The molecule has 0 aliphatic heterocycles. The number of aliphatic hydroxyl groups is 1. The van der Waals surface area contributed by atoms with Crippen molar-refractivity contribution in [2.45, 2.75) is 39.3 Å². The molecule has 2 unspecified atom stereocenters. The highest BCUT2D eigenvalue weighted by Gasteiger charge is 2.16. The van der Waals surface area contributed by atoms with Gasteiger partial charge in [0.05, 0.1) is 0 Å². The molecule has 2 atom stereocenters. The summed E-state index contributed by atoms with van der Waals surface area (Å²) in [4.78, 5) is 2.35.